The summed E-state index contributed by atoms with van der Waals surface area (Å²) in [5, 5.41) is 0. The maximum Gasteiger partial charge on any atom is 0.289 e. The molecule has 0 aromatic heterocycles. The van der Waals surface area contributed by atoms with E-state index in [1.165, 1.54) is 135 Å². The van der Waals surface area contributed by atoms with Crippen LogP contribution in [0.3, 0.4) is 0 Å². The Morgan fingerprint density at radius 2 is 0.545 bits per heavy atom. The lowest BCUT2D eigenvalue weighted by Gasteiger charge is -2.51. The topological polar surface area (TPSA) is 9.72 Å². The van der Waals surface area contributed by atoms with Crippen molar-refractivity contribution in [3.63, 3.8) is 0 Å². The lowest BCUT2D eigenvalue weighted by Crippen LogP contribution is -2.74. The predicted octanol–water partition coefficient (Wildman–Crippen LogP) is 8.34. The van der Waals surface area contributed by atoms with Crippen LogP contribution in [0.25, 0.3) is 0 Å². The first kappa shape index (κ1) is 31.1. The standard InChI is InChI=1S/C27H60B3N3/c1-7-10-13-16-19-22-25-28-31(4)29(26-23-20-17-14-11-8-2)33(6)30(32(28)5)27-24-21-18-15-12-9-3/h7-27H2,1-6H3. The highest BCUT2D eigenvalue weighted by Gasteiger charge is 2.46. The minimum absolute atomic E-state index is 0.613. The van der Waals surface area contributed by atoms with Crippen molar-refractivity contribution in [2.45, 2.75) is 155 Å². The van der Waals surface area contributed by atoms with Gasteiger partial charge < -0.3 is 14.2 Å². The maximum absolute atomic E-state index is 2.73. The highest BCUT2D eigenvalue weighted by Crippen LogP contribution is 2.26. The molecule has 0 radical (unpaired) electrons. The largest absolute Gasteiger partial charge is 0.360 e. The second-order valence-electron chi connectivity index (χ2n) is 11.1. The van der Waals surface area contributed by atoms with E-state index in [1.807, 2.05) is 0 Å². The van der Waals surface area contributed by atoms with Gasteiger partial charge in [-0.1, -0.05) is 136 Å². The zero-order chi connectivity index (χ0) is 24.3. The third-order valence-corrected chi connectivity index (χ3v) is 8.27. The van der Waals surface area contributed by atoms with Gasteiger partial charge in [-0.25, -0.2) is 0 Å². The van der Waals surface area contributed by atoms with Crippen molar-refractivity contribution in [2.24, 2.45) is 0 Å². The second kappa shape index (κ2) is 20.3. The average Bonchev–Trinajstić information content (AvgIpc) is 2.81. The molecule has 0 aromatic rings. The summed E-state index contributed by atoms with van der Waals surface area (Å²) in [5.41, 5.74) is 0. The van der Waals surface area contributed by atoms with E-state index in [-0.39, 0.29) is 0 Å². The monoisotopic (exact) mass is 460 g/mol. The summed E-state index contributed by atoms with van der Waals surface area (Å²) >= 11 is 0. The number of hydrogen-bond acceptors (Lipinski definition) is 3. The van der Waals surface area contributed by atoms with Crippen LogP contribution in [-0.2, 0) is 0 Å². The molecular weight excluding hydrogens is 399 g/mol. The van der Waals surface area contributed by atoms with Crippen LogP contribution < -0.4 is 0 Å². The third-order valence-electron chi connectivity index (χ3n) is 8.27. The van der Waals surface area contributed by atoms with Crippen LogP contribution in [0.2, 0.25) is 19.0 Å². The Bertz CT molecular complexity index is 367. The Labute approximate surface area is 211 Å². The molecule has 1 rings (SSSR count). The minimum atomic E-state index is 0.613. The lowest BCUT2D eigenvalue weighted by atomic mass is 9.40. The molecule has 3 nitrogen and oxygen atoms in total. The van der Waals surface area contributed by atoms with Gasteiger partial charge in [-0.15, -0.1) is 0 Å². The van der Waals surface area contributed by atoms with Gasteiger partial charge in [0, 0.05) is 0 Å². The Kier molecular flexibility index (Phi) is 19.1. The van der Waals surface area contributed by atoms with E-state index < -0.39 is 0 Å². The van der Waals surface area contributed by atoms with Crippen LogP contribution in [-0.4, -0.2) is 56.3 Å². The van der Waals surface area contributed by atoms with E-state index in [1.54, 1.807) is 0 Å². The summed E-state index contributed by atoms with van der Waals surface area (Å²) in [6.45, 7) is 8.79. The van der Waals surface area contributed by atoms with Crippen molar-refractivity contribution in [2.75, 3.05) is 21.1 Å². The third kappa shape index (κ3) is 12.6. The van der Waals surface area contributed by atoms with Crippen molar-refractivity contribution < 1.29 is 0 Å². The number of unbranched alkanes of at least 4 members (excludes halogenated alkanes) is 15. The van der Waals surface area contributed by atoms with Gasteiger partial charge in [0.2, 0.25) is 0 Å². The molecule has 0 spiro atoms. The Hall–Kier alpha value is 0.0748. The normalized spacial score (nSPS) is 16.4. The van der Waals surface area contributed by atoms with Crippen molar-refractivity contribution in [1.82, 2.24) is 14.2 Å². The molecule has 0 N–H and O–H groups in total. The van der Waals surface area contributed by atoms with E-state index in [0.717, 1.165) is 0 Å². The fourth-order valence-electron chi connectivity index (χ4n) is 6.00. The molecule has 1 fully saturated rings. The van der Waals surface area contributed by atoms with E-state index in [4.69, 9.17) is 0 Å². The highest BCUT2D eigenvalue weighted by molar-refractivity contribution is 6.85. The molecule has 0 saturated carbocycles. The lowest BCUT2D eigenvalue weighted by molar-refractivity contribution is 0.505. The SMILES string of the molecule is CCCCCCCCB1N(C)B(CCCCCCCC)N(C)B(CCCCCCCC)N1C. The van der Waals surface area contributed by atoms with Gasteiger partial charge in [0.05, 0.1) is 0 Å². The molecule has 0 unspecified atom stereocenters. The van der Waals surface area contributed by atoms with Crippen molar-refractivity contribution in [3.05, 3.63) is 0 Å². The quantitative estimate of drug-likeness (QED) is 0.126. The Morgan fingerprint density at radius 1 is 0.333 bits per heavy atom. The molecule has 6 heteroatoms. The summed E-state index contributed by atoms with van der Waals surface area (Å²) in [7, 11) is 7.24. The van der Waals surface area contributed by atoms with Crippen LogP contribution in [0, 0.1) is 0 Å². The van der Waals surface area contributed by atoms with Crippen molar-refractivity contribution >= 4 is 20.9 Å². The molecule has 1 saturated heterocycles. The molecule has 0 aromatic carbocycles. The van der Waals surface area contributed by atoms with E-state index >= 15 is 0 Å². The maximum atomic E-state index is 2.73. The fraction of sp³-hybridized carbons (Fsp3) is 1.00. The zero-order valence-corrected chi connectivity index (χ0v) is 23.9. The number of nitrogens with zero attached hydrogens (tertiary/aromatic N) is 3. The first-order chi connectivity index (χ1) is 16.1. The predicted molar refractivity (Wildman–Crippen MR) is 155 cm³/mol. The first-order valence-electron chi connectivity index (χ1n) is 15.2. The molecule has 0 amide bonds. The second-order valence-corrected chi connectivity index (χ2v) is 11.1. The molecule has 0 atom stereocenters. The van der Waals surface area contributed by atoms with E-state index in [0.29, 0.717) is 20.9 Å². The molecule has 1 heterocycles. The first-order valence-corrected chi connectivity index (χ1v) is 15.2. The van der Waals surface area contributed by atoms with Gasteiger partial charge >= 0.3 is 0 Å². The van der Waals surface area contributed by atoms with Crippen LogP contribution in [0.1, 0.15) is 136 Å². The number of rotatable bonds is 21. The summed E-state index contributed by atoms with van der Waals surface area (Å²) in [6.07, 6.45) is 29.3. The Morgan fingerprint density at radius 3 is 0.788 bits per heavy atom. The van der Waals surface area contributed by atoms with Crippen LogP contribution >= 0.6 is 0 Å². The van der Waals surface area contributed by atoms with Gasteiger partial charge in [-0.2, -0.15) is 0 Å². The molecule has 0 bridgehead atoms. The van der Waals surface area contributed by atoms with Crippen LogP contribution in [0.4, 0.5) is 0 Å². The van der Waals surface area contributed by atoms with E-state index in [2.05, 4.69) is 56.1 Å². The summed E-state index contributed by atoms with van der Waals surface area (Å²) < 4.78 is 8.20. The minimum Gasteiger partial charge on any atom is -0.360 e. The fourth-order valence-corrected chi connectivity index (χ4v) is 6.00. The Balaban J connectivity index is 2.62. The summed E-state index contributed by atoms with van der Waals surface area (Å²) in [5.74, 6) is 0. The molecule has 0 aliphatic carbocycles. The van der Waals surface area contributed by atoms with Gasteiger partial charge in [0.15, 0.2) is 0 Å². The molecule has 1 aliphatic rings. The summed E-state index contributed by atoms with van der Waals surface area (Å²) in [6, 6.07) is 0. The highest BCUT2D eigenvalue weighted by atomic mass is 15.3. The van der Waals surface area contributed by atoms with E-state index in [9.17, 15) is 0 Å². The smallest absolute Gasteiger partial charge is 0.289 e. The molecule has 192 valence electrons. The van der Waals surface area contributed by atoms with Crippen molar-refractivity contribution in [3.8, 4) is 0 Å². The van der Waals surface area contributed by atoms with Gasteiger partial charge in [0.1, 0.15) is 0 Å². The van der Waals surface area contributed by atoms with Gasteiger partial charge in [-0.3, -0.25) is 0 Å². The molecule has 1 aliphatic heterocycles. The number of hydrogen-bond donors (Lipinski definition) is 0. The zero-order valence-electron chi connectivity index (χ0n) is 23.9. The van der Waals surface area contributed by atoms with Gasteiger partial charge in [0.25, 0.3) is 20.9 Å². The van der Waals surface area contributed by atoms with Crippen molar-refractivity contribution in [1.29, 1.82) is 0 Å². The molecular formula is C27H60B3N3. The van der Waals surface area contributed by atoms with Crippen LogP contribution in [0.15, 0.2) is 0 Å². The average molecular weight is 459 g/mol. The molecule has 33 heavy (non-hydrogen) atoms. The summed E-state index contributed by atoms with van der Waals surface area (Å²) in [4.78, 5) is 0. The van der Waals surface area contributed by atoms with Crippen LogP contribution in [0.5, 0.6) is 0 Å². The van der Waals surface area contributed by atoms with Gasteiger partial charge in [-0.05, 0) is 40.1 Å².